The Kier molecular flexibility index (Phi) is 6.22. The van der Waals surface area contributed by atoms with Crippen molar-refractivity contribution in [1.29, 1.82) is 0 Å². The second kappa shape index (κ2) is 9.30. The molecule has 0 radical (unpaired) electrons. The molecule has 1 N–H and O–H groups in total. The average molecular weight is 478 g/mol. The Morgan fingerprint density at radius 1 is 0.941 bits per heavy atom. The summed E-state index contributed by atoms with van der Waals surface area (Å²) in [5.74, 6) is 0.709. The van der Waals surface area contributed by atoms with Crippen LogP contribution in [0.3, 0.4) is 0 Å². The number of hydrogen-bond donors (Lipinski definition) is 1. The van der Waals surface area contributed by atoms with Crippen LogP contribution in [0.1, 0.15) is 61.1 Å². The lowest BCUT2D eigenvalue weighted by molar-refractivity contribution is -0.116. The maximum atomic E-state index is 13.1. The van der Waals surface area contributed by atoms with E-state index in [1.807, 2.05) is 43.3 Å². The predicted octanol–water partition coefficient (Wildman–Crippen LogP) is 5.94. The van der Waals surface area contributed by atoms with Crippen LogP contribution < -0.4 is 14.8 Å². The van der Waals surface area contributed by atoms with Gasteiger partial charge in [-0.3, -0.25) is 9.59 Å². The Labute approximate surface area is 204 Å². The first-order valence-corrected chi connectivity index (χ1v) is 12.2. The number of ketones is 2. The molecule has 0 aromatic heterocycles. The lowest BCUT2D eigenvalue weighted by atomic mass is 9.71. The first-order chi connectivity index (χ1) is 16.5. The number of allylic oxidation sites excluding steroid dienone is 4. The molecular weight excluding hydrogens is 450 g/mol. The SMILES string of the molecule is COc1cc(C2C3=C(CCCC3=O)NC3=C2C(=O)CCC3)cc(Cl)c1OCc1ccc(C)cc1. The van der Waals surface area contributed by atoms with Crippen LogP contribution in [-0.4, -0.2) is 18.7 Å². The number of rotatable bonds is 5. The Morgan fingerprint density at radius 3 is 2.15 bits per heavy atom. The van der Waals surface area contributed by atoms with E-state index in [-0.39, 0.29) is 11.6 Å². The molecule has 0 atom stereocenters. The van der Waals surface area contributed by atoms with E-state index in [4.69, 9.17) is 21.1 Å². The fourth-order valence-corrected chi connectivity index (χ4v) is 5.48. The molecule has 3 aliphatic rings. The summed E-state index contributed by atoms with van der Waals surface area (Å²) >= 11 is 6.72. The van der Waals surface area contributed by atoms with E-state index in [0.29, 0.717) is 47.1 Å². The Balaban J connectivity index is 1.55. The number of benzene rings is 2. The van der Waals surface area contributed by atoms with Crippen molar-refractivity contribution in [3.8, 4) is 11.5 Å². The maximum Gasteiger partial charge on any atom is 0.180 e. The highest BCUT2D eigenvalue weighted by Crippen LogP contribution is 2.48. The molecule has 0 saturated carbocycles. The van der Waals surface area contributed by atoms with E-state index in [1.165, 1.54) is 5.56 Å². The quantitative estimate of drug-likeness (QED) is 0.577. The van der Waals surface area contributed by atoms with Crippen molar-refractivity contribution in [1.82, 2.24) is 5.32 Å². The van der Waals surface area contributed by atoms with Crippen LogP contribution in [0.5, 0.6) is 11.5 Å². The van der Waals surface area contributed by atoms with Gasteiger partial charge in [-0.15, -0.1) is 0 Å². The number of ether oxygens (including phenoxy) is 2. The van der Waals surface area contributed by atoms with Crippen LogP contribution in [0, 0.1) is 6.92 Å². The zero-order valence-electron chi connectivity index (χ0n) is 19.5. The summed E-state index contributed by atoms with van der Waals surface area (Å²) in [5, 5.41) is 3.84. The predicted molar refractivity (Wildman–Crippen MR) is 131 cm³/mol. The summed E-state index contributed by atoms with van der Waals surface area (Å²) in [7, 11) is 1.57. The molecule has 0 saturated heterocycles. The molecule has 1 heterocycles. The van der Waals surface area contributed by atoms with E-state index in [0.717, 1.165) is 48.2 Å². The molecule has 0 bridgehead atoms. The van der Waals surface area contributed by atoms with Crippen LogP contribution >= 0.6 is 11.6 Å². The van der Waals surface area contributed by atoms with Crippen molar-refractivity contribution in [3.63, 3.8) is 0 Å². The summed E-state index contributed by atoms with van der Waals surface area (Å²) in [5.41, 5.74) is 6.29. The van der Waals surface area contributed by atoms with Gasteiger partial charge in [-0.05, 0) is 55.9 Å². The third kappa shape index (κ3) is 4.14. The molecule has 6 heteroatoms. The zero-order chi connectivity index (χ0) is 23.8. The van der Waals surface area contributed by atoms with Crippen molar-refractivity contribution in [2.45, 2.75) is 58.0 Å². The number of dihydropyridines is 1. The number of carbonyl (C=O) groups is 2. The summed E-state index contributed by atoms with van der Waals surface area (Å²) in [4.78, 5) is 26.1. The summed E-state index contributed by atoms with van der Waals surface area (Å²) < 4.78 is 11.7. The number of Topliss-reactive ketones (excluding diaryl/α,β-unsaturated/α-hetero) is 2. The molecular formula is C28H28ClNO4. The highest BCUT2D eigenvalue weighted by atomic mass is 35.5. The van der Waals surface area contributed by atoms with Crippen LogP contribution in [0.4, 0.5) is 0 Å². The van der Waals surface area contributed by atoms with Gasteiger partial charge in [0.1, 0.15) is 6.61 Å². The van der Waals surface area contributed by atoms with Crippen LogP contribution in [-0.2, 0) is 16.2 Å². The monoisotopic (exact) mass is 477 g/mol. The van der Waals surface area contributed by atoms with E-state index in [2.05, 4.69) is 5.32 Å². The van der Waals surface area contributed by atoms with Crippen LogP contribution in [0.2, 0.25) is 5.02 Å². The normalized spacial score (nSPS) is 18.4. The van der Waals surface area contributed by atoms with Gasteiger partial charge < -0.3 is 14.8 Å². The highest BCUT2D eigenvalue weighted by Gasteiger charge is 2.40. The number of nitrogens with one attached hydrogen (secondary N) is 1. The lowest BCUT2D eigenvalue weighted by Gasteiger charge is -2.37. The summed E-state index contributed by atoms with van der Waals surface area (Å²) in [6.45, 7) is 2.39. The van der Waals surface area contributed by atoms with Crippen LogP contribution in [0.15, 0.2) is 58.9 Å². The largest absolute Gasteiger partial charge is 0.493 e. The van der Waals surface area contributed by atoms with Gasteiger partial charge in [0.25, 0.3) is 0 Å². The van der Waals surface area contributed by atoms with Gasteiger partial charge in [0, 0.05) is 41.3 Å². The molecule has 0 amide bonds. The molecule has 1 aliphatic heterocycles. The molecule has 0 unspecified atom stereocenters. The molecule has 2 aromatic rings. The standard InChI is InChI=1S/C28H28ClNO4/c1-16-9-11-17(12-10-16)15-34-28-19(29)13-18(14-24(28)33-2)25-26-20(5-3-7-22(26)31)30-21-6-4-8-23(32)27(21)25/h9-14,25,30H,3-8,15H2,1-2H3. The summed E-state index contributed by atoms with van der Waals surface area (Å²) in [6.07, 6.45) is 4.26. The second-order valence-corrected chi connectivity index (χ2v) is 9.61. The molecule has 176 valence electrons. The lowest BCUT2D eigenvalue weighted by Crippen LogP contribution is -2.36. The maximum absolute atomic E-state index is 13.1. The van der Waals surface area contributed by atoms with Gasteiger partial charge >= 0.3 is 0 Å². The van der Waals surface area contributed by atoms with E-state index >= 15 is 0 Å². The highest BCUT2D eigenvalue weighted by molar-refractivity contribution is 6.32. The minimum atomic E-state index is -0.426. The average Bonchev–Trinajstić information content (AvgIpc) is 2.83. The van der Waals surface area contributed by atoms with Crippen molar-refractivity contribution in [3.05, 3.63) is 80.7 Å². The Morgan fingerprint density at radius 2 is 1.56 bits per heavy atom. The second-order valence-electron chi connectivity index (χ2n) is 9.20. The fourth-order valence-electron chi connectivity index (χ4n) is 5.20. The van der Waals surface area contributed by atoms with Gasteiger partial charge in [-0.2, -0.15) is 0 Å². The van der Waals surface area contributed by atoms with Gasteiger partial charge in [0.2, 0.25) is 0 Å². The first-order valence-electron chi connectivity index (χ1n) is 11.8. The summed E-state index contributed by atoms with van der Waals surface area (Å²) in [6, 6.07) is 11.8. The van der Waals surface area contributed by atoms with Gasteiger partial charge in [-0.1, -0.05) is 41.4 Å². The van der Waals surface area contributed by atoms with Gasteiger partial charge in [0.05, 0.1) is 12.1 Å². The molecule has 0 fully saturated rings. The van der Waals surface area contributed by atoms with E-state index in [9.17, 15) is 9.59 Å². The molecule has 2 aliphatic carbocycles. The number of halogens is 1. The van der Waals surface area contributed by atoms with Crippen molar-refractivity contribution in [2.75, 3.05) is 7.11 Å². The minimum absolute atomic E-state index is 0.0958. The Bertz CT molecular complexity index is 1180. The minimum Gasteiger partial charge on any atom is -0.493 e. The van der Waals surface area contributed by atoms with Gasteiger partial charge in [0.15, 0.2) is 23.1 Å². The van der Waals surface area contributed by atoms with E-state index in [1.54, 1.807) is 7.11 Å². The number of carbonyl (C=O) groups excluding carboxylic acids is 2. The molecule has 2 aromatic carbocycles. The molecule has 5 rings (SSSR count). The number of aryl methyl sites for hydroxylation is 1. The number of methoxy groups -OCH3 is 1. The van der Waals surface area contributed by atoms with Crippen molar-refractivity contribution < 1.29 is 19.1 Å². The third-order valence-corrected chi connectivity index (χ3v) is 7.16. The molecule has 5 nitrogen and oxygen atoms in total. The Hall–Kier alpha value is -3.05. The molecule has 0 spiro atoms. The smallest absolute Gasteiger partial charge is 0.180 e. The third-order valence-electron chi connectivity index (χ3n) is 6.88. The first kappa shape index (κ1) is 22.7. The van der Waals surface area contributed by atoms with Crippen molar-refractivity contribution in [2.24, 2.45) is 0 Å². The molecule has 34 heavy (non-hydrogen) atoms. The van der Waals surface area contributed by atoms with E-state index < -0.39 is 5.92 Å². The number of hydrogen-bond acceptors (Lipinski definition) is 5. The zero-order valence-corrected chi connectivity index (χ0v) is 20.3. The topological polar surface area (TPSA) is 64.6 Å². The van der Waals surface area contributed by atoms with Gasteiger partial charge in [-0.25, -0.2) is 0 Å². The fraction of sp³-hybridized carbons (Fsp3) is 0.357. The van der Waals surface area contributed by atoms with Crippen LogP contribution in [0.25, 0.3) is 0 Å². The van der Waals surface area contributed by atoms with Crippen molar-refractivity contribution >= 4 is 23.2 Å².